The van der Waals surface area contributed by atoms with E-state index in [0.717, 1.165) is 36.7 Å². The van der Waals surface area contributed by atoms with E-state index in [1.54, 1.807) is 10.9 Å². The molecule has 0 spiro atoms. The molecule has 3 rings (SSSR count). The lowest BCUT2D eigenvalue weighted by Gasteiger charge is -2.10. The smallest absolute Gasteiger partial charge is 0.225 e. The molecule has 1 aliphatic rings. The summed E-state index contributed by atoms with van der Waals surface area (Å²) in [4.78, 5) is 16.5. The summed E-state index contributed by atoms with van der Waals surface area (Å²) >= 11 is 0. The molecular weight excluding hydrogens is 290 g/mol. The zero-order chi connectivity index (χ0) is 16.1. The van der Waals surface area contributed by atoms with E-state index in [-0.39, 0.29) is 5.91 Å². The molecule has 0 bridgehead atoms. The molecular formula is C17H23N5O. The number of nitrogens with zero attached hydrogens (tertiary/aromatic N) is 3. The number of anilines is 1. The first-order chi connectivity index (χ1) is 11.2. The lowest BCUT2D eigenvalue weighted by atomic mass is 10.0. The molecule has 122 valence electrons. The molecule has 0 aromatic carbocycles. The fraction of sp³-hybridized carbons (Fsp3) is 0.471. The highest BCUT2D eigenvalue weighted by atomic mass is 16.1. The van der Waals surface area contributed by atoms with E-state index < -0.39 is 0 Å². The largest absolute Gasteiger partial charge is 0.316 e. The van der Waals surface area contributed by atoms with Gasteiger partial charge in [0.15, 0.2) is 0 Å². The Morgan fingerprint density at radius 3 is 3.13 bits per heavy atom. The van der Waals surface area contributed by atoms with Gasteiger partial charge in [0.25, 0.3) is 0 Å². The molecule has 0 saturated carbocycles. The Hall–Kier alpha value is -2.21. The predicted molar refractivity (Wildman–Crippen MR) is 89.1 cm³/mol. The number of amides is 1. The van der Waals surface area contributed by atoms with Crippen molar-refractivity contribution in [1.82, 2.24) is 20.1 Å². The zero-order valence-electron chi connectivity index (χ0n) is 13.5. The quantitative estimate of drug-likeness (QED) is 0.855. The Bertz CT molecular complexity index is 646. The minimum atomic E-state index is 0.0547. The van der Waals surface area contributed by atoms with Crippen LogP contribution in [0, 0.1) is 12.8 Å². The Morgan fingerprint density at radius 1 is 1.48 bits per heavy atom. The van der Waals surface area contributed by atoms with Crippen molar-refractivity contribution in [2.75, 3.05) is 18.4 Å². The maximum Gasteiger partial charge on any atom is 0.225 e. The first-order valence-corrected chi connectivity index (χ1v) is 8.15. The van der Waals surface area contributed by atoms with Gasteiger partial charge in [-0.2, -0.15) is 5.10 Å². The normalized spacial score (nSPS) is 17.3. The number of carbonyl (C=O) groups excluding carboxylic acids is 1. The van der Waals surface area contributed by atoms with E-state index in [4.69, 9.17) is 0 Å². The van der Waals surface area contributed by atoms with Crippen LogP contribution in [0.3, 0.4) is 0 Å². The Morgan fingerprint density at radius 2 is 2.39 bits per heavy atom. The van der Waals surface area contributed by atoms with Crippen LogP contribution in [-0.4, -0.2) is 33.8 Å². The molecule has 1 unspecified atom stereocenters. The molecule has 2 aromatic heterocycles. The first-order valence-electron chi connectivity index (χ1n) is 8.15. The molecule has 23 heavy (non-hydrogen) atoms. The zero-order valence-corrected chi connectivity index (χ0v) is 13.5. The van der Waals surface area contributed by atoms with Crippen LogP contribution >= 0.6 is 0 Å². The van der Waals surface area contributed by atoms with Gasteiger partial charge in [-0.25, -0.2) is 4.68 Å². The molecule has 6 heteroatoms. The molecule has 3 heterocycles. The first kappa shape index (κ1) is 15.7. The standard InChI is InChI=1S/C17H23N5O/c1-13-10-16(20-17(23)6-5-14-7-9-18-11-14)22(21-13)12-15-4-2-3-8-19-15/h2-4,8,10,14,18H,5-7,9,11-12H2,1H3,(H,20,23). The summed E-state index contributed by atoms with van der Waals surface area (Å²) in [6.07, 6.45) is 4.43. The lowest BCUT2D eigenvalue weighted by Crippen LogP contribution is -2.18. The minimum absolute atomic E-state index is 0.0547. The van der Waals surface area contributed by atoms with Crippen LogP contribution in [-0.2, 0) is 11.3 Å². The monoisotopic (exact) mass is 313 g/mol. The van der Waals surface area contributed by atoms with Crippen molar-refractivity contribution >= 4 is 11.7 Å². The molecule has 1 aliphatic heterocycles. The van der Waals surface area contributed by atoms with Crippen LogP contribution in [0.1, 0.15) is 30.7 Å². The molecule has 6 nitrogen and oxygen atoms in total. The van der Waals surface area contributed by atoms with Gasteiger partial charge in [-0.3, -0.25) is 9.78 Å². The second-order valence-electron chi connectivity index (χ2n) is 6.10. The van der Waals surface area contributed by atoms with Gasteiger partial charge >= 0.3 is 0 Å². The number of aryl methyl sites for hydroxylation is 1. The molecule has 2 N–H and O–H groups in total. The summed E-state index contributed by atoms with van der Waals surface area (Å²) in [6, 6.07) is 7.69. The fourth-order valence-corrected chi connectivity index (χ4v) is 2.91. The second kappa shape index (κ2) is 7.37. The van der Waals surface area contributed by atoms with Crippen molar-refractivity contribution in [3.05, 3.63) is 41.9 Å². The summed E-state index contributed by atoms with van der Waals surface area (Å²) in [6.45, 7) is 4.58. The van der Waals surface area contributed by atoms with E-state index in [0.29, 0.717) is 18.9 Å². The number of pyridine rings is 1. The van der Waals surface area contributed by atoms with Crippen LogP contribution < -0.4 is 10.6 Å². The molecule has 2 aromatic rings. The summed E-state index contributed by atoms with van der Waals surface area (Å²) in [5.41, 5.74) is 1.80. The van der Waals surface area contributed by atoms with E-state index in [1.807, 2.05) is 31.2 Å². The fourth-order valence-electron chi connectivity index (χ4n) is 2.91. The van der Waals surface area contributed by atoms with E-state index in [2.05, 4.69) is 20.7 Å². The summed E-state index contributed by atoms with van der Waals surface area (Å²) < 4.78 is 1.80. The topological polar surface area (TPSA) is 71.8 Å². The van der Waals surface area contributed by atoms with Crippen LogP contribution in [0.4, 0.5) is 5.82 Å². The van der Waals surface area contributed by atoms with Gasteiger partial charge in [0.05, 0.1) is 17.9 Å². The van der Waals surface area contributed by atoms with Crippen LogP contribution in [0.25, 0.3) is 0 Å². The minimum Gasteiger partial charge on any atom is -0.316 e. The number of rotatable bonds is 6. The van der Waals surface area contributed by atoms with Gasteiger partial charge in [-0.1, -0.05) is 6.07 Å². The number of aromatic nitrogens is 3. The van der Waals surface area contributed by atoms with Gasteiger partial charge in [0.1, 0.15) is 5.82 Å². The van der Waals surface area contributed by atoms with E-state index >= 15 is 0 Å². The van der Waals surface area contributed by atoms with Gasteiger partial charge in [0.2, 0.25) is 5.91 Å². The number of hydrogen-bond acceptors (Lipinski definition) is 4. The van der Waals surface area contributed by atoms with Crippen molar-refractivity contribution < 1.29 is 4.79 Å². The number of hydrogen-bond donors (Lipinski definition) is 2. The summed E-state index contributed by atoms with van der Waals surface area (Å²) in [5.74, 6) is 1.42. The van der Waals surface area contributed by atoms with Gasteiger partial charge < -0.3 is 10.6 Å². The number of nitrogens with one attached hydrogen (secondary N) is 2. The van der Waals surface area contributed by atoms with Crippen molar-refractivity contribution in [1.29, 1.82) is 0 Å². The Kier molecular flexibility index (Phi) is 5.02. The van der Waals surface area contributed by atoms with Crippen LogP contribution in [0.2, 0.25) is 0 Å². The third-order valence-electron chi connectivity index (χ3n) is 4.15. The number of carbonyl (C=O) groups is 1. The molecule has 1 atom stereocenters. The van der Waals surface area contributed by atoms with Crippen molar-refractivity contribution in [3.8, 4) is 0 Å². The molecule has 1 fully saturated rings. The summed E-state index contributed by atoms with van der Waals surface area (Å²) in [7, 11) is 0. The SMILES string of the molecule is Cc1cc(NC(=O)CCC2CCNC2)n(Cc2ccccn2)n1. The van der Waals surface area contributed by atoms with E-state index in [9.17, 15) is 4.79 Å². The molecule has 1 saturated heterocycles. The van der Waals surface area contributed by atoms with Crippen molar-refractivity contribution in [2.24, 2.45) is 5.92 Å². The second-order valence-corrected chi connectivity index (χ2v) is 6.10. The Balaban J connectivity index is 1.59. The summed E-state index contributed by atoms with van der Waals surface area (Å²) in [5, 5.41) is 10.8. The van der Waals surface area contributed by atoms with Crippen LogP contribution in [0.5, 0.6) is 0 Å². The maximum atomic E-state index is 12.2. The van der Waals surface area contributed by atoms with Gasteiger partial charge in [-0.05, 0) is 50.9 Å². The Labute approximate surface area is 136 Å². The van der Waals surface area contributed by atoms with E-state index in [1.165, 1.54) is 6.42 Å². The maximum absolute atomic E-state index is 12.2. The highest BCUT2D eigenvalue weighted by molar-refractivity contribution is 5.89. The highest BCUT2D eigenvalue weighted by Gasteiger charge is 2.16. The van der Waals surface area contributed by atoms with Gasteiger partial charge in [0, 0.05) is 18.7 Å². The average Bonchev–Trinajstić information content (AvgIpc) is 3.17. The molecule has 0 radical (unpaired) electrons. The van der Waals surface area contributed by atoms with Crippen LogP contribution in [0.15, 0.2) is 30.5 Å². The molecule has 1 amide bonds. The van der Waals surface area contributed by atoms with Crippen molar-refractivity contribution in [3.63, 3.8) is 0 Å². The predicted octanol–water partition coefficient (Wildman–Crippen LogP) is 1.96. The highest BCUT2D eigenvalue weighted by Crippen LogP contribution is 2.16. The average molecular weight is 313 g/mol. The third kappa shape index (κ3) is 4.39. The third-order valence-corrected chi connectivity index (χ3v) is 4.15. The molecule has 0 aliphatic carbocycles. The van der Waals surface area contributed by atoms with Gasteiger partial charge in [-0.15, -0.1) is 0 Å². The lowest BCUT2D eigenvalue weighted by molar-refractivity contribution is -0.116. The van der Waals surface area contributed by atoms with Crippen molar-refractivity contribution in [2.45, 2.75) is 32.7 Å².